The third-order valence-electron chi connectivity index (χ3n) is 3.59. The summed E-state index contributed by atoms with van der Waals surface area (Å²) in [4.78, 5) is 4.49. The van der Waals surface area contributed by atoms with Gasteiger partial charge in [-0.15, -0.1) is 0 Å². The SMILES string of the molecule is Cc1cccc([C@@H](C)Cc2nc(-c3ccccc3)no2)c1. The Kier molecular flexibility index (Phi) is 3.82. The van der Waals surface area contributed by atoms with Gasteiger partial charge in [-0.3, -0.25) is 0 Å². The summed E-state index contributed by atoms with van der Waals surface area (Å²) in [6.45, 7) is 4.29. The minimum Gasteiger partial charge on any atom is -0.339 e. The molecular formula is C18H18N2O. The van der Waals surface area contributed by atoms with E-state index in [0.29, 0.717) is 17.6 Å². The van der Waals surface area contributed by atoms with Crippen molar-refractivity contribution in [3.05, 3.63) is 71.6 Å². The summed E-state index contributed by atoms with van der Waals surface area (Å²) < 4.78 is 5.38. The highest BCUT2D eigenvalue weighted by Gasteiger charge is 2.13. The third-order valence-corrected chi connectivity index (χ3v) is 3.59. The number of rotatable bonds is 4. The lowest BCUT2D eigenvalue weighted by Gasteiger charge is -2.09. The third kappa shape index (κ3) is 3.19. The average Bonchev–Trinajstić information content (AvgIpc) is 2.97. The van der Waals surface area contributed by atoms with Crippen LogP contribution in [0.3, 0.4) is 0 Å². The molecule has 0 saturated carbocycles. The number of hydrogen-bond acceptors (Lipinski definition) is 3. The van der Waals surface area contributed by atoms with Crippen LogP contribution >= 0.6 is 0 Å². The molecule has 106 valence electrons. The molecule has 0 spiro atoms. The minimum atomic E-state index is 0.356. The maximum atomic E-state index is 5.38. The molecule has 0 saturated heterocycles. The lowest BCUT2D eigenvalue weighted by molar-refractivity contribution is 0.372. The van der Waals surface area contributed by atoms with Gasteiger partial charge in [-0.1, -0.05) is 72.2 Å². The Morgan fingerprint density at radius 3 is 2.62 bits per heavy atom. The Morgan fingerprint density at radius 2 is 1.86 bits per heavy atom. The summed E-state index contributed by atoms with van der Waals surface area (Å²) in [5, 5.41) is 4.06. The van der Waals surface area contributed by atoms with E-state index in [9.17, 15) is 0 Å². The minimum absolute atomic E-state index is 0.356. The molecule has 0 fully saturated rings. The second kappa shape index (κ2) is 5.92. The quantitative estimate of drug-likeness (QED) is 0.710. The highest BCUT2D eigenvalue weighted by atomic mass is 16.5. The number of benzene rings is 2. The lowest BCUT2D eigenvalue weighted by atomic mass is 9.96. The van der Waals surface area contributed by atoms with Crippen LogP contribution in [-0.4, -0.2) is 10.1 Å². The summed E-state index contributed by atoms with van der Waals surface area (Å²) >= 11 is 0. The molecule has 3 nitrogen and oxygen atoms in total. The monoisotopic (exact) mass is 278 g/mol. The molecular weight excluding hydrogens is 260 g/mol. The highest BCUT2D eigenvalue weighted by molar-refractivity contribution is 5.53. The molecule has 1 aromatic heterocycles. The van der Waals surface area contributed by atoms with E-state index >= 15 is 0 Å². The molecule has 3 rings (SSSR count). The van der Waals surface area contributed by atoms with Gasteiger partial charge < -0.3 is 4.52 Å². The van der Waals surface area contributed by atoms with Crippen molar-refractivity contribution in [2.24, 2.45) is 0 Å². The first kappa shape index (κ1) is 13.6. The van der Waals surface area contributed by atoms with Gasteiger partial charge >= 0.3 is 0 Å². The van der Waals surface area contributed by atoms with Crippen molar-refractivity contribution in [2.45, 2.75) is 26.2 Å². The smallest absolute Gasteiger partial charge is 0.227 e. The Labute approximate surface area is 124 Å². The van der Waals surface area contributed by atoms with Crippen LogP contribution in [0.1, 0.15) is 29.9 Å². The van der Waals surface area contributed by atoms with Gasteiger partial charge in [-0.2, -0.15) is 4.98 Å². The fourth-order valence-electron chi connectivity index (χ4n) is 2.40. The van der Waals surface area contributed by atoms with E-state index in [0.717, 1.165) is 12.0 Å². The molecule has 0 aliphatic heterocycles. The zero-order chi connectivity index (χ0) is 14.7. The van der Waals surface area contributed by atoms with Crippen molar-refractivity contribution in [2.75, 3.05) is 0 Å². The maximum Gasteiger partial charge on any atom is 0.227 e. The number of aryl methyl sites for hydroxylation is 1. The molecule has 1 atom stereocenters. The van der Waals surface area contributed by atoms with Gasteiger partial charge in [0.25, 0.3) is 0 Å². The van der Waals surface area contributed by atoms with Crippen LogP contribution in [0.15, 0.2) is 59.1 Å². The van der Waals surface area contributed by atoms with Crippen molar-refractivity contribution in [3.8, 4) is 11.4 Å². The molecule has 0 bridgehead atoms. The number of nitrogens with zero attached hydrogens (tertiary/aromatic N) is 2. The zero-order valence-electron chi connectivity index (χ0n) is 12.3. The Hall–Kier alpha value is -2.42. The van der Waals surface area contributed by atoms with E-state index in [2.05, 4.69) is 48.3 Å². The molecule has 0 aliphatic carbocycles. The van der Waals surface area contributed by atoms with E-state index in [1.54, 1.807) is 0 Å². The summed E-state index contributed by atoms with van der Waals surface area (Å²) in [5.74, 6) is 1.69. The largest absolute Gasteiger partial charge is 0.339 e. The van der Waals surface area contributed by atoms with Crippen LogP contribution in [0.2, 0.25) is 0 Å². The van der Waals surface area contributed by atoms with Gasteiger partial charge in [0.1, 0.15) is 0 Å². The first-order chi connectivity index (χ1) is 10.2. The lowest BCUT2D eigenvalue weighted by Crippen LogP contribution is -1.99. The van der Waals surface area contributed by atoms with Crippen molar-refractivity contribution < 1.29 is 4.52 Å². The van der Waals surface area contributed by atoms with E-state index in [4.69, 9.17) is 4.52 Å². The van der Waals surface area contributed by atoms with Crippen LogP contribution in [0.25, 0.3) is 11.4 Å². The number of aromatic nitrogens is 2. The van der Waals surface area contributed by atoms with Gasteiger partial charge in [-0.25, -0.2) is 0 Å². The van der Waals surface area contributed by atoms with Gasteiger partial charge in [-0.05, 0) is 18.4 Å². The molecule has 0 aliphatic rings. The molecule has 0 amide bonds. The van der Waals surface area contributed by atoms with Crippen molar-refractivity contribution in [1.29, 1.82) is 0 Å². The Bertz CT molecular complexity index is 719. The van der Waals surface area contributed by atoms with Crippen LogP contribution in [0, 0.1) is 6.92 Å². The molecule has 3 heteroatoms. The van der Waals surface area contributed by atoms with Crippen molar-refractivity contribution >= 4 is 0 Å². The molecule has 1 heterocycles. The second-order valence-electron chi connectivity index (χ2n) is 5.40. The molecule has 2 aromatic carbocycles. The second-order valence-corrected chi connectivity index (χ2v) is 5.40. The summed E-state index contributed by atoms with van der Waals surface area (Å²) in [6.07, 6.45) is 0.753. The first-order valence-electron chi connectivity index (χ1n) is 7.17. The summed E-state index contributed by atoms with van der Waals surface area (Å²) in [5.41, 5.74) is 3.56. The zero-order valence-corrected chi connectivity index (χ0v) is 12.3. The predicted octanol–water partition coefficient (Wildman–Crippen LogP) is 4.39. The standard InChI is InChI=1S/C18H18N2O/c1-13-7-6-10-16(11-13)14(2)12-17-19-18(20-21-17)15-8-4-3-5-9-15/h3-11,14H,12H2,1-2H3/t14-/m0/s1. The van der Waals surface area contributed by atoms with E-state index in [1.807, 2.05) is 30.3 Å². The maximum absolute atomic E-state index is 5.38. The van der Waals surface area contributed by atoms with Crippen LogP contribution in [0.5, 0.6) is 0 Å². The highest BCUT2D eigenvalue weighted by Crippen LogP contribution is 2.22. The molecule has 0 unspecified atom stereocenters. The molecule has 0 N–H and O–H groups in total. The number of hydrogen-bond donors (Lipinski definition) is 0. The van der Waals surface area contributed by atoms with Gasteiger partial charge in [0.2, 0.25) is 11.7 Å². The topological polar surface area (TPSA) is 38.9 Å². The van der Waals surface area contributed by atoms with Crippen LogP contribution in [-0.2, 0) is 6.42 Å². The molecule has 21 heavy (non-hydrogen) atoms. The molecule has 0 radical (unpaired) electrons. The van der Waals surface area contributed by atoms with Crippen molar-refractivity contribution in [3.63, 3.8) is 0 Å². The van der Waals surface area contributed by atoms with E-state index in [1.165, 1.54) is 11.1 Å². The fourth-order valence-corrected chi connectivity index (χ4v) is 2.40. The molecule has 3 aromatic rings. The normalized spacial score (nSPS) is 12.3. The average molecular weight is 278 g/mol. The first-order valence-corrected chi connectivity index (χ1v) is 7.17. The van der Waals surface area contributed by atoms with Crippen LogP contribution < -0.4 is 0 Å². The predicted molar refractivity (Wildman–Crippen MR) is 83.0 cm³/mol. The Balaban J connectivity index is 1.75. The van der Waals surface area contributed by atoms with Gasteiger partial charge in [0, 0.05) is 12.0 Å². The van der Waals surface area contributed by atoms with Gasteiger partial charge in [0.05, 0.1) is 0 Å². The van der Waals surface area contributed by atoms with E-state index in [-0.39, 0.29) is 0 Å². The summed E-state index contributed by atoms with van der Waals surface area (Å²) in [7, 11) is 0. The van der Waals surface area contributed by atoms with Crippen molar-refractivity contribution in [1.82, 2.24) is 10.1 Å². The van der Waals surface area contributed by atoms with Gasteiger partial charge in [0.15, 0.2) is 0 Å². The van der Waals surface area contributed by atoms with E-state index < -0.39 is 0 Å². The van der Waals surface area contributed by atoms with Crippen LogP contribution in [0.4, 0.5) is 0 Å². The fraction of sp³-hybridized carbons (Fsp3) is 0.222. The Morgan fingerprint density at radius 1 is 1.05 bits per heavy atom. The summed E-state index contributed by atoms with van der Waals surface area (Å²) in [6, 6.07) is 18.4.